The molecule has 0 saturated carbocycles. The van der Waals surface area contributed by atoms with Crippen molar-refractivity contribution in [3.63, 3.8) is 0 Å². The Balaban J connectivity index is 1.76. The highest BCUT2D eigenvalue weighted by molar-refractivity contribution is 6.36. The van der Waals surface area contributed by atoms with Gasteiger partial charge in [-0.05, 0) is 30.3 Å². The lowest BCUT2D eigenvalue weighted by Crippen LogP contribution is -2.36. The van der Waals surface area contributed by atoms with Crippen molar-refractivity contribution in [2.24, 2.45) is 0 Å². The van der Waals surface area contributed by atoms with E-state index in [2.05, 4.69) is 15.5 Å². The van der Waals surface area contributed by atoms with E-state index >= 15 is 0 Å². The number of nitrogens with one attached hydrogen (secondary N) is 2. The molecule has 1 amide bonds. The van der Waals surface area contributed by atoms with Crippen molar-refractivity contribution in [2.45, 2.75) is 0 Å². The zero-order chi connectivity index (χ0) is 19.9. The number of anilines is 3. The molecule has 1 heterocycles. The van der Waals surface area contributed by atoms with Gasteiger partial charge in [-0.25, -0.2) is 0 Å². The number of nitriles is 1. The molecule has 1 fully saturated rings. The van der Waals surface area contributed by atoms with E-state index in [4.69, 9.17) is 27.9 Å². The van der Waals surface area contributed by atoms with Gasteiger partial charge in [0.1, 0.15) is 11.6 Å². The highest BCUT2D eigenvalue weighted by Gasteiger charge is 2.15. The van der Waals surface area contributed by atoms with Gasteiger partial charge in [0.05, 0.1) is 35.3 Å². The molecule has 28 heavy (non-hydrogen) atoms. The Labute approximate surface area is 173 Å². The van der Waals surface area contributed by atoms with E-state index in [0.29, 0.717) is 28.9 Å². The summed E-state index contributed by atoms with van der Waals surface area (Å²) in [4.78, 5) is 14.6. The lowest BCUT2D eigenvalue weighted by Gasteiger charge is -2.30. The molecule has 2 N–H and O–H groups in total. The van der Waals surface area contributed by atoms with E-state index in [1.165, 1.54) is 12.3 Å². The number of ether oxygens (including phenoxy) is 1. The maximum absolute atomic E-state index is 12.4. The summed E-state index contributed by atoms with van der Waals surface area (Å²) >= 11 is 12.0. The standard InChI is InChI=1S/C20H18Cl2N4O2/c21-15-5-6-16(22)18(11-15)25-20(27)14(12-23)13-24-17-3-1-2-4-19(17)26-7-9-28-10-8-26/h1-6,11,13,24H,7-10H2,(H,25,27)/b14-13-. The van der Waals surface area contributed by atoms with Crippen molar-refractivity contribution in [3.05, 3.63) is 64.3 Å². The van der Waals surface area contributed by atoms with Gasteiger partial charge in [-0.1, -0.05) is 35.3 Å². The van der Waals surface area contributed by atoms with Gasteiger partial charge in [0, 0.05) is 24.3 Å². The van der Waals surface area contributed by atoms with E-state index in [-0.39, 0.29) is 5.57 Å². The van der Waals surface area contributed by atoms with Gasteiger partial charge >= 0.3 is 0 Å². The Morgan fingerprint density at radius 1 is 1.14 bits per heavy atom. The molecule has 0 aromatic heterocycles. The zero-order valence-electron chi connectivity index (χ0n) is 14.9. The normalized spacial score (nSPS) is 14.3. The third kappa shape index (κ3) is 4.96. The second-order valence-electron chi connectivity index (χ2n) is 6.01. The molecule has 8 heteroatoms. The molecule has 1 aliphatic rings. The van der Waals surface area contributed by atoms with E-state index < -0.39 is 5.91 Å². The topological polar surface area (TPSA) is 77.4 Å². The number of nitrogens with zero attached hydrogens (tertiary/aromatic N) is 2. The lowest BCUT2D eigenvalue weighted by molar-refractivity contribution is -0.112. The summed E-state index contributed by atoms with van der Waals surface area (Å²) in [5.74, 6) is -0.581. The van der Waals surface area contributed by atoms with Crippen LogP contribution >= 0.6 is 23.2 Å². The third-order valence-corrected chi connectivity index (χ3v) is 4.73. The summed E-state index contributed by atoms with van der Waals surface area (Å²) in [5, 5.41) is 15.8. The van der Waals surface area contributed by atoms with Crippen LogP contribution in [0.5, 0.6) is 0 Å². The van der Waals surface area contributed by atoms with Crippen LogP contribution in [0.15, 0.2) is 54.2 Å². The Bertz CT molecular complexity index is 934. The molecule has 144 valence electrons. The fraction of sp³-hybridized carbons (Fsp3) is 0.200. The summed E-state index contributed by atoms with van der Waals surface area (Å²) < 4.78 is 5.39. The number of halogens is 2. The summed E-state index contributed by atoms with van der Waals surface area (Å²) in [6.07, 6.45) is 1.38. The van der Waals surface area contributed by atoms with Gasteiger partial charge in [-0.2, -0.15) is 5.26 Å². The maximum atomic E-state index is 12.4. The number of carbonyl (C=O) groups excluding carboxylic acids is 1. The number of rotatable bonds is 5. The summed E-state index contributed by atoms with van der Waals surface area (Å²) in [7, 11) is 0. The van der Waals surface area contributed by atoms with Crippen molar-refractivity contribution < 1.29 is 9.53 Å². The highest BCUT2D eigenvalue weighted by atomic mass is 35.5. The number of para-hydroxylation sites is 2. The van der Waals surface area contributed by atoms with E-state index in [1.807, 2.05) is 30.3 Å². The molecular weight excluding hydrogens is 399 g/mol. The first-order valence-electron chi connectivity index (χ1n) is 8.63. The molecule has 6 nitrogen and oxygen atoms in total. The molecule has 0 atom stereocenters. The zero-order valence-corrected chi connectivity index (χ0v) is 16.4. The predicted molar refractivity (Wildman–Crippen MR) is 112 cm³/mol. The summed E-state index contributed by atoms with van der Waals surface area (Å²) in [6, 6.07) is 14.3. The smallest absolute Gasteiger partial charge is 0.267 e. The number of morpholine rings is 1. The van der Waals surface area contributed by atoms with Gasteiger partial charge < -0.3 is 20.3 Å². The molecule has 2 aromatic carbocycles. The van der Waals surface area contributed by atoms with Crippen LogP contribution in [0.3, 0.4) is 0 Å². The number of hydrogen-bond donors (Lipinski definition) is 2. The van der Waals surface area contributed by atoms with Gasteiger partial charge in [0.25, 0.3) is 5.91 Å². The molecule has 1 saturated heterocycles. The number of amides is 1. The van der Waals surface area contributed by atoms with Crippen molar-refractivity contribution in [1.82, 2.24) is 0 Å². The van der Waals surface area contributed by atoms with Crippen LogP contribution in [-0.2, 0) is 9.53 Å². The Morgan fingerprint density at radius 2 is 1.89 bits per heavy atom. The van der Waals surface area contributed by atoms with Crippen molar-refractivity contribution in [3.8, 4) is 6.07 Å². The molecule has 0 unspecified atom stereocenters. The van der Waals surface area contributed by atoms with E-state index in [1.54, 1.807) is 12.1 Å². The van der Waals surface area contributed by atoms with Crippen molar-refractivity contribution in [1.29, 1.82) is 5.26 Å². The number of carbonyl (C=O) groups is 1. The first-order chi connectivity index (χ1) is 13.6. The van der Waals surface area contributed by atoms with Crippen LogP contribution in [-0.4, -0.2) is 32.2 Å². The van der Waals surface area contributed by atoms with Crippen LogP contribution in [0.1, 0.15) is 0 Å². The molecule has 0 aliphatic carbocycles. The SMILES string of the molecule is N#C/C(=C/Nc1ccccc1N1CCOCC1)C(=O)Nc1cc(Cl)ccc1Cl. The molecule has 2 aromatic rings. The second kappa shape index (κ2) is 9.47. The molecule has 0 spiro atoms. The predicted octanol–water partition coefficient (Wildman–Crippen LogP) is 4.29. The first-order valence-corrected chi connectivity index (χ1v) is 9.39. The van der Waals surface area contributed by atoms with Crippen LogP contribution in [0.2, 0.25) is 10.0 Å². The monoisotopic (exact) mass is 416 g/mol. The molecule has 1 aliphatic heterocycles. The van der Waals surface area contributed by atoms with Crippen molar-refractivity contribution >= 4 is 46.2 Å². The average molecular weight is 417 g/mol. The van der Waals surface area contributed by atoms with Crippen molar-refractivity contribution in [2.75, 3.05) is 41.8 Å². The van der Waals surface area contributed by atoms with E-state index in [9.17, 15) is 10.1 Å². The fourth-order valence-electron chi connectivity index (χ4n) is 2.76. The molecule has 0 bridgehead atoms. The van der Waals surface area contributed by atoms with E-state index in [0.717, 1.165) is 24.5 Å². The quantitative estimate of drug-likeness (QED) is 0.561. The van der Waals surface area contributed by atoms with Gasteiger partial charge in [-0.3, -0.25) is 4.79 Å². The Hall–Kier alpha value is -2.72. The molecular formula is C20H18Cl2N4O2. The Kier molecular flexibility index (Phi) is 6.77. The minimum absolute atomic E-state index is 0.0900. The number of benzene rings is 2. The largest absolute Gasteiger partial charge is 0.378 e. The Morgan fingerprint density at radius 3 is 2.64 bits per heavy atom. The van der Waals surface area contributed by atoms with Crippen LogP contribution in [0.25, 0.3) is 0 Å². The lowest BCUT2D eigenvalue weighted by atomic mass is 10.2. The van der Waals surface area contributed by atoms with Crippen LogP contribution in [0, 0.1) is 11.3 Å². The van der Waals surface area contributed by atoms with Gasteiger partial charge in [0.2, 0.25) is 0 Å². The second-order valence-corrected chi connectivity index (χ2v) is 6.85. The molecule has 3 rings (SSSR count). The molecule has 0 radical (unpaired) electrons. The average Bonchev–Trinajstić information content (AvgIpc) is 2.72. The van der Waals surface area contributed by atoms with Crippen LogP contribution < -0.4 is 15.5 Å². The summed E-state index contributed by atoms with van der Waals surface area (Å²) in [5.41, 5.74) is 2.03. The maximum Gasteiger partial charge on any atom is 0.267 e. The highest BCUT2D eigenvalue weighted by Crippen LogP contribution is 2.27. The minimum Gasteiger partial charge on any atom is -0.378 e. The van der Waals surface area contributed by atoms with Gasteiger partial charge in [-0.15, -0.1) is 0 Å². The van der Waals surface area contributed by atoms with Gasteiger partial charge in [0.15, 0.2) is 0 Å². The summed E-state index contributed by atoms with van der Waals surface area (Å²) in [6.45, 7) is 2.88. The number of hydrogen-bond acceptors (Lipinski definition) is 5. The first kappa shape index (κ1) is 20.0. The fourth-order valence-corrected chi connectivity index (χ4v) is 3.09. The third-order valence-electron chi connectivity index (χ3n) is 4.17. The van der Waals surface area contributed by atoms with Crippen LogP contribution in [0.4, 0.5) is 17.1 Å². The minimum atomic E-state index is -0.581.